The summed E-state index contributed by atoms with van der Waals surface area (Å²) in [6, 6.07) is 41.5. The molecule has 1 aliphatic rings. The van der Waals surface area contributed by atoms with Crippen molar-refractivity contribution in [3.05, 3.63) is 121 Å². The van der Waals surface area contributed by atoms with Crippen LogP contribution in [0, 0.1) is 0 Å². The van der Waals surface area contributed by atoms with Gasteiger partial charge in [-0.1, -0.05) is 77.7 Å². The Hall–Kier alpha value is -0.0348. The van der Waals surface area contributed by atoms with Crippen molar-refractivity contribution in [3.8, 4) is 0 Å². The average Bonchev–Trinajstić information content (AvgIpc) is 3.13. The van der Waals surface area contributed by atoms with Gasteiger partial charge in [0.05, 0.1) is 114 Å². The SMILES string of the molecule is C1COCCOCCOCCOCCOCCO1.[Rb+].[S-][P+](N[P+]([S-])(c1ccccc1)c1ccccc1)(c1ccccc1)c1ccccc1. The summed E-state index contributed by atoms with van der Waals surface area (Å²) >= 11 is 12.9. The minimum Gasteiger partial charge on any atom is -0.523 e. The molecule has 1 aliphatic heterocycles. The second kappa shape index (κ2) is 25.0. The maximum Gasteiger partial charge on any atom is 1.00 e. The van der Waals surface area contributed by atoms with Gasteiger partial charge >= 0.3 is 58.2 Å². The summed E-state index contributed by atoms with van der Waals surface area (Å²) in [7, 11) is 0. The van der Waals surface area contributed by atoms with Gasteiger partial charge in [0.1, 0.15) is 0 Å². The van der Waals surface area contributed by atoms with Crippen LogP contribution >= 0.6 is 13.2 Å². The standard InChI is InChI=1S/C24H21NP2S2.C12H24O6.Rb/c28-26(21-13-5-1-6-14-21,22-15-7-2-8-16-22)25-27(29,23-17-9-3-10-18-23)24-19-11-4-12-20-24;1-2-14-5-6-16-9-10-18-12-11-17-8-7-15-4-3-13-1;/h1-20H,(H,25,28,29);1-12H2;/q;;+1. The maximum absolute atomic E-state index is 6.44. The zero-order valence-electron chi connectivity index (χ0n) is 27.7. The second-order valence-corrected chi connectivity index (χ2v) is 18.9. The van der Waals surface area contributed by atoms with Crippen LogP contribution in [0.15, 0.2) is 121 Å². The van der Waals surface area contributed by atoms with E-state index in [1.54, 1.807) is 0 Å². The van der Waals surface area contributed by atoms with Crippen LogP contribution in [0.1, 0.15) is 0 Å². The van der Waals surface area contributed by atoms with Crippen LogP contribution in [0.25, 0.3) is 0 Å². The molecule has 12 heteroatoms. The summed E-state index contributed by atoms with van der Waals surface area (Å²) in [6.07, 6.45) is 0. The van der Waals surface area contributed by atoms with Crippen molar-refractivity contribution in [2.75, 3.05) is 79.3 Å². The molecular formula is C36H45NO6P2RbS2+. The van der Waals surface area contributed by atoms with Crippen molar-refractivity contribution in [2.24, 2.45) is 0 Å². The number of hydrogen-bond donors (Lipinski definition) is 1. The fourth-order valence-corrected chi connectivity index (χ4v) is 15.1. The fourth-order valence-electron chi connectivity index (χ4n) is 4.60. The van der Waals surface area contributed by atoms with Gasteiger partial charge in [-0.05, 0) is 48.5 Å². The number of nitrogens with one attached hydrogen (secondary N) is 1. The van der Waals surface area contributed by atoms with E-state index < -0.39 is 13.2 Å². The van der Waals surface area contributed by atoms with Gasteiger partial charge in [-0.3, -0.25) is 0 Å². The first-order valence-corrected chi connectivity index (χ1v) is 21.4. The molecule has 4 aromatic carbocycles. The Kier molecular flexibility index (Phi) is 22.1. The second-order valence-electron chi connectivity index (χ2n) is 10.3. The van der Waals surface area contributed by atoms with Gasteiger partial charge in [-0.2, -0.15) is 0 Å². The number of rotatable bonds is 6. The largest absolute Gasteiger partial charge is 1.00 e. The molecule has 0 atom stereocenters. The Morgan fingerprint density at radius 3 is 0.667 bits per heavy atom. The zero-order valence-corrected chi connectivity index (χ0v) is 36.0. The third-order valence-corrected chi connectivity index (χ3v) is 17.3. The molecule has 0 aromatic heterocycles. The van der Waals surface area contributed by atoms with Gasteiger partial charge in [0.15, 0.2) is 0 Å². The molecular weight excluding hydrogens is 754 g/mol. The van der Waals surface area contributed by atoms with Crippen LogP contribution in [-0.2, 0) is 52.9 Å². The van der Waals surface area contributed by atoms with Gasteiger partial charge in [0, 0.05) is 0 Å². The Labute approximate surface area is 347 Å². The van der Waals surface area contributed by atoms with E-state index in [1.807, 2.05) is 24.3 Å². The first kappa shape index (κ1) is 42.4. The predicted octanol–water partition coefficient (Wildman–Crippen LogP) is 1.77. The molecule has 0 spiro atoms. The molecule has 0 aliphatic carbocycles. The summed E-state index contributed by atoms with van der Waals surface area (Å²) in [4.78, 5) is 3.92. The molecule has 1 heterocycles. The van der Waals surface area contributed by atoms with E-state index in [-0.39, 0.29) is 58.2 Å². The maximum atomic E-state index is 6.44. The quantitative estimate of drug-likeness (QED) is 0.233. The van der Waals surface area contributed by atoms with Gasteiger partial charge < -0.3 is 52.9 Å². The van der Waals surface area contributed by atoms with Crippen LogP contribution in [0.3, 0.4) is 0 Å². The summed E-state index contributed by atoms with van der Waals surface area (Å²) in [5.74, 6) is 0. The van der Waals surface area contributed by atoms with Crippen molar-refractivity contribution in [1.82, 2.24) is 4.86 Å². The predicted molar refractivity (Wildman–Crippen MR) is 201 cm³/mol. The first-order valence-electron chi connectivity index (χ1n) is 15.8. The third kappa shape index (κ3) is 14.5. The van der Waals surface area contributed by atoms with Crippen LogP contribution in [0.5, 0.6) is 0 Å². The van der Waals surface area contributed by atoms with Gasteiger partial charge in [-0.15, -0.1) is 0 Å². The van der Waals surface area contributed by atoms with Crippen LogP contribution in [0.4, 0.5) is 0 Å². The molecule has 0 unspecified atom stereocenters. The van der Waals surface area contributed by atoms with Crippen molar-refractivity contribution in [1.29, 1.82) is 0 Å². The van der Waals surface area contributed by atoms with Gasteiger partial charge in [-0.25, -0.2) is 0 Å². The van der Waals surface area contributed by atoms with E-state index in [1.165, 1.54) is 0 Å². The summed E-state index contributed by atoms with van der Waals surface area (Å²) < 4.78 is 32.0. The smallest absolute Gasteiger partial charge is 0.523 e. The number of hydrogen-bond acceptors (Lipinski definition) is 9. The van der Waals surface area contributed by atoms with Crippen LogP contribution < -0.4 is 84.3 Å². The molecule has 1 saturated heterocycles. The molecule has 252 valence electrons. The number of benzene rings is 4. The van der Waals surface area contributed by atoms with Crippen LogP contribution in [0.2, 0.25) is 0 Å². The van der Waals surface area contributed by atoms with Crippen molar-refractivity contribution in [2.45, 2.75) is 0 Å². The molecule has 0 radical (unpaired) electrons. The minimum absolute atomic E-state index is 0. The first-order chi connectivity index (χ1) is 23.1. The third-order valence-electron chi connectivity index (χ3n) is 6.99. The minimum atomic E-state index is -2.35. The molecule has 48 heavy (non-hydrogen) atoms. The fraction of sp³-hybridized carbons (Fsp3) is 0.333. The van der Waals surface area contributed by atoms with Crippen molar-refractivity contribution >= 4 is 58.9 Å². The van der Waals surface area contributed by atoms with E-state index in [0.717, 1.165) is 21.2 Å². The molecule has 0 bridgehead atoms. The van der Waals surface area contributed by atoms with E-state index in [9.17, 15) is 0 Å². The van der Waals surface area contributed by atoms with Gasteiger partial charge in [0.25, 0.3) is 0 Å². The molecule has 7 nitrogen and oxygen atoms in total. The summed E-state index contributed by atoms with van der Waals surface area (Å²) in [5, 5.41) is 4.51. The molecule has 4 aromatic rings. The van der Waals surface area contributed by atoms with Crippen LogP contribution in [-0.4, -0.2) is 79.3 Å². The monoisotopic (exact) mass is 798 g/mol. The topological polar surface area (TPSA) is 67.4 Å². The Morgan fingerprint density at radius 2 is 0.500 bits per heavy atom. The van der Waals surface area contributed by atoms with Gasteiger partial charge in [0.2, 0.25) is 0 Å². The molecule has 5 rings (SSSR count). The molecule has 0 amide bonds. The molecule has 0 saturated carbocycles. The van der Waals surface area contributed by atoms with E-state index in [0.29, 0.717) is 79.3 Å². The number of ether oxygens (including phenoxy) is 6. The summed E-state index contributed by atoms with van der Waals surface area (Å²) in [6.45, 7) is 2.34. The van der Waals surface area contributed by atoms with Crippen molar-refractivity contribution in [3.63, 3.8) is 0 Å². The summed E-state index contributed by atoms with van der Waals surface area (Å²) in [5.41, 5.74) is 0. The van der Waals surface area contributed by atoms with E-state index in [2.05, 4.69) is 102 Å². The Balaban J connectivity index is 0.000000286. The normalized spacial score (nSPS) is 16.2. The Morgan fingerprint density at radius 1 is 0.333 bits per heavy atom. The Bertz CT molecular complexity index is 1130. The molecule has 1 fully saturated rings. The van der Waals surface area contributed by atoms with Crippen molar-refractivity contribution < 1.29 is 86.6 Å². The van der Waals surface area contributed by atoms with E-state index >= 15 is 0 Å². The molecule has 1 N–H and O–H groups in total. The van der Waals surface area contributed by atoms with E-state index in [4.69, 9.17) is 52.9 Å². The average molecular weight is 799 g/mol. The zero-order chi connectivity index (χ0) is 32.9.